The molecule has 0 fully saturated rings. The molecule has 4 nitrogen and oxygen atoms in total. The number of primary amides is 1. The fraction of sp³-hybridized carbons (Fsp3) is 0.278. The van der Waals surface area contributed by atoms with E-state index in [-0.39, 0.29) is 17.8 Å². The van der Waals surface area contributed by atoms with Crippen molar-refractivity contribution in [1.82, 2.24) is 5.32 Å². The number of halogens is 1. The van der Waals surface area contributed by atoms with E-state index in [0.717, 1.165) is 17.7 Å². The van der Waals surface area contributed by atoms with Crippen LogP contribution in [0, 0.1) is 5.82 Å². The quantitative estimate of drug-likeness (QED) is 0.701. The summed E-state index contributed by atoms with van der Waals surface area (Å²) >= 11 is 0. The lowest BCUT2D eigenvalue weighted by Gasteiger charge is -2.11. The molecular formula is C18H22FN3O. The Hall–Kier alpha value is -2.40. The second-order valence-corrected chi connectivity index (χ2v) is 5.47. The predicted octanol–water partition coefficient (Wildman–Crippen LogP) is 2.44. The molecule has 0 spiro atoms. The lowest BCUT2D eigenvalue weighted by molar-refractivity contribution is -0.119. The first-order valence-corrected chi connectivity index (χ1v) is 7.65. The molecule has 23 heavy (non-hydrogen) atoms. The lowest BCUT2D eigenvalue weighted by atomic mass is 10.1. The zero-order chi connectivity index (χ0) is 16.7. The van der Waals surface area contributed by atoms with Gasteiger partial charge in [0.25, 0.3) is 0 Å². The summed E-state index contributed by atoms with van der Waals surface area (Å²) in [5.74, 6) is -0.552. The van der Waals surface area contributed by atoms with Crippen LogP contribution in [0.4, 0.5) is 10.1 Å². The van der Waals surface area contributed by atoms with Crippen LogP contribution in [-0.2, 0) is 17.8 Å². The third-order valence-electron chi connectivity index (χ3n) is 3.69. The van der Waals surface area contributed by atoms with Gasteiger partial charge < -0.3 is 16.4 Å². The number of carbonyl (C=O) groups excluding carboxylic acids is 1. The number of hydrogen-bond acceptors (Lipinski definition) is 3. The molecular weight excluding hydrogens is 293 g/mol. The lowest BCUT2D eigenvalue weighted by Crippen LogP contribution is -2.39. The highest BCUT2D eigenvalue weighted by Crippen LogP contribution is 2.13. The van der Waals surface area contributed by atoms with Crippen LogP contribution in [0.5, 0.6) is 0 Å². The standard InChI is InChI=1S/C18H22FN3O/c1-13(18(20)23)21-11-10-14-6-8-16(9-7-14)22-12-15-4-2-3-5-17(15)19/h2-9,13,21-22H,10-12H2,1H3,(H2,20,23). The Morgan fingerprint density at radius 2 is 1.87 bits per heavy atom. The smallest absolute Gasteiger partial charge is 0.234 e. The minimum Gasteiger partial charge on any atom is -0.381 e. The van der Waals surface area contributed by atoms with Crippen LogP contribution in [0.15, 0.2) is 48.5 Å². The maximum absolute atomic E-state index is 13.5. The zero-order valence-electron chi connectivity index (χ0n) is 13.2. The van der Waals surface area contributed by atoms with Gasteiger partial charge in [-0.25, -0.2) is 4.39 Å². The first kappa shape index (κ1) is 17.0. The number of anilines is 1. The van der Waals surface area contributed by atoms with Gasteiger partial charge in [0.1, 0.15) is 5.82 Å². The van der Waals surface area contributed by atoms with Crippen molar-refractivity contribution in [3.05, 3.63) is 65.5 Å². The van der Waals surface area contributed by atoms with Crippen LogP contribution >= 0.6 is 0 Å². The van der Waals surface area contributed by atoms with Crippen molar-refractivity contribution < 1.29 is 9.18 Å². The van der Waals surface area contributed by atoms with Crippen molar-refractivity contribution in [2.24, 2.45) is 5.73 Å². The van der Waals surface area contributed by atoms with Crippen LogP contribution in [0.1, 0.15) is 18.1 Å². The number of rotatable bonds is 8. The summed E-state index contributed by atoms with van der Waals surface area (Å²) in [6.45, 7) is 2.88. The fourth-order valence-corrected chi connectivity index (χ4v) is 2.16. The maximum atomic E-state index is 13.5. The molecule has 2 rings (SSSR count). The molecule has 4 N–H and O–H groups in total. The van der Waals surface area contributed by atoms with Crippen LogP contribution in [0.25, 0.3) is 0 Å². The molecule has 0 saturated heterocycles. The molecule has 0 bridgehead atoms. The Labute approximate surface area is 135 Å². The van der Waals surface area contributed by atoms with E-state index in [4.69, 9.17) is 5.73 Å². The van der Waals surface area contributed by atoms with Crippen LogP contribution in [0.3, 0.4) is 0 Å². The second-order valence-electron chi connectivity index (χ2n) is 5.47. The van der Waals surface area contributed by atoms with Crippen molar-refractivity contribution in [3.63, 3.8) is 0 Å². The Kier molecular flexibility index (Phi) is 6.11. The number of amides is 1. The van der Waals surface area contributed by atoms with Crippen molar-refractivity contribution in [1.29, 1.82) is 0 Å². The molecule has 0 heterocycles. The van der Waals surface area contributed by atoms with Crippen molar-refractivity contribution in [2.75, 3.05) is 11.9 Å². The van der Waals surface area contributed by atoms with Crippen molar-refractivity contribution >= 4 is 11.6 Å². The second kappa shape index (κ2) is 8.29. The van der Waals surface area contributed by atoms with Gasteiger partial charge in [-0.2, -0.15) is 0 Å². The van der Waals surface area contributed by atoms with E-state index in [9.17, 15) is 9.18 Å². The molecule has 0 aliphatic carbocycles. The normalized spacial score (nSPS) is 11.9. The summed E-state index contributed by atoms with van der Waals surface area (Å²) in [7, 11) is 0. The highest BCUT2D eigenvalue weighted by Gasteiger charge is 2.06. The molecule has 122 valence electrons. The van der Waals surface area contributed by atoms with Gasteiger partial charge in [0, 0.05) is 17.8 Å². The average molecular weight is 315 g/mol. The molecule has 0 saturated carbocycles. The largest absolute Gasteiger partial charge is 0.381 e. The minimum atomic E-state index is -0.349. The predicted molar refractivity (Wildman–Crippen MR) is 90.5 cm³/mol. The van der Waals surface area contributed by atoms with Crippen molar-refractivity contribution in [2.45, 2.75) is 25.9 Å². The van der Waals surface area contributed by atoms with Crippen molar-refractivity contribution in [3.8, 4) is 0 Å². The van der Waals surface area contributed by atoms with E-state index in [2.05, 4.69) is 10.6 Å². The summed E-state index contributed by atoms with van der Waals surface area (Å²) in [5, 5.41) is 6.27. The average Bonchev–Trinajstić information content (AvgIpc) is 2.55. The summed E-state index contributed by atoms with van der Waals surface area (Å²) < 4.78 is 13.5. The summed E-state index contributed by atoms with van der Waals surface area (Å²) in [4.78, 5) is 10.9. The number of hydrogen-bond donors (Lipinski definition) is 3. The Bertz CT molecular complexity index is 643. The van der Waals surface area contributed by atoms with Crippen LogP contribution < -0.4 is 16.4 Å². The van der Waals surface area contributed by atoms with Gasteiger partial charge >= 0.3 is 0 Å². The first-order chi connectivity index (χ1) is 11.1. The molecule has 1 atom stereocenters. The zero-order valence-corrected chi connectivity index (χ0v) is 13.2. The summed E-state index contributed by atoms with van der Waals surface area (Å²) in [6.07, 6.45) is 0.811. The van der Waals surface area contributed by atoms with Crippen LogP contribution in [0.2, 0.25) is 0 Å². The van der Waals surface area contributed by atoms with Crippen LogP contribution in [-0.4, -0.2) is 18.5 Å². The molecule has 1 unspecified atom stereocenters. The molecule has 0 radical (unpaired) electrons. The molecule has 5 heteroatoms. The molecule has 2 aromatic rings. The molecule has 0 aliphatic rings. The molecule has 2 aromatic carbocycles. The van der Waals surface area contributed by atoms with Gasteiger partial charge in [-0.1, -0.05) is 30.3 Å². The topological polar surface area (TPSA) is 67.2 Å². The van der Waals surface area contributed by atoms with Gasteiger partial charge in [0.15, 0.2) is 0 Å². The van der Waals surface area contributed by atoms with E-state index >= 15 is 0 Å². The van der Waals surface area contributed by atoms with Gasteiger partial charge in [0.05, 0.1) is 6.04 Å². The van der Waals surface area contributed by atoms with Gasteiger partial charge in [-0.05, 0) is 43.7 Å². The van der Waals surface area contributed by atoms with E-state index in [1.807, 2.05) is 30.3 Å². The van der Waals surface area contributed by atoms with Gasteiger partial charge in [-0.15, -0.1) is 0 Å². The Morgan fingerprint density at radius 1 is 1.17 bits per heavy atom. The number of carbonyl (C=O) groups is 1. The monoisotopic (exact) mass is 315 g/mol. The highest BCUT2D eigenvalue weighted by atomic mass is 19.1. The molecule has 0 aromatic heterocycles. The minimum absolute atomic E-state index is 0.203. The van der Waals surface area contributed by atoms with E-state index < -0.39 is 0 Å². The molecule has 0 aliphatic heterocycles. The fourth-order valence-electron chi connectivity index (χ4n) is 2.16. The first-order valence-electron chi connectivity index (χ1n) is 7.65. The number of benzene rings is 2. The van der Waals surface area contributed by atoms with E-state index in [1.54, 1.807) is 19.1 Å². The molecule has 1 amide bonds. The van der Waals surface area contributed by atoms with Gasteiger partial charge in [0.2, 0.25) is 5.91 Å². The van der Waals surface area contributed by atoms with E-state index in [1.165, 1.54) is 6.07 Å². The number of nitrogens with two attached hydrogens (primary N) is 1. The maximum Gasteiger partial charge on any atom is 0.234 e. The third-order valence-corrected chi connectivity index (χ3v) is 3.69. The summed E-state index contributed by atoms with van der Waals surface area (Å²) in [5.41, 5.74) is 7.93. The number of nitrogens with one attached hydrogen (secondary N) is 2. The van der Waals surface area contributed by atoms with Gasteiger partial charge in [-0.3, -0.25) is 4.79 Å². The Balaban J connectivity index is 1.80. The Morgan fingerprint density at radius 3 is 2.52 bits per heavy atom. The third kappa shape index (κ3) is 5.38. The highest BCUT2D eigenvalue weighted by molar-refractivity contribution is 5.79. The SMILES string of the molecule is CC(NCCc1ccc(NCc2ccccc2F)cc1)C(N)=O. The summed E-state index contributed by atoms with van der Waals surface area (Å²) in [6, 6.07) is 14.4. The van der Waals surface area contributed by atoms with E-state index in [0.29, 0.717) is 18.7 Å².